The molecule has 0 aliphatic rings. The zero-order valence-corrected chi connectivity index (χ0v) is 21.5. The molecule has 0 aliphatic heterocycles. The third kappa shape index (κ3) is 20.7. The van der Waals surface area contributed by atoms with Crippen LogP contribution < -0.4 is 5.11 Å². The number of aliphatic carboxylic acids is 3. The summed E-state index contributed by atoms with van der Waals surface area (Å²) in [5, 5.41) is 29.2. The van der Waals surface area contributed by atoms with E-state index in [0.717, 1.165) is 19.3 Å². The van der Waals surface area contributed by atoms with Crippen molar-refractivity contribution in [3.05, 3.63) is 12.2 Å². The Morgan fingerprint density at radius 1 is 0.618 bits per heavy atom. The number of hydrogen-bond acceptors (Lipinski definition) is 4. The molecule has 0 amide bonds. The number of allylic oxidation sites excluding steroid dienone is 2. The summed E-state index contributed by atoms with van der Waals surface area (Å²) >= 11 is 0. The number of carboxylic acids is 3. The van der Waals surface area contributed by atoms with Gasteiger partial charge in [0.05, 0.1) is 39.0 Å². The fourth-order valence-corrected chi connectivity index (χ4v) is 4.35. The Hall–Kier alpha value is -1.89. The number of carbonyl (C=O) groups is 3. The molecule has 0 saturated carbocycles. The van der Waals surface area contributed by atoms with Crippen LogP contribution >= 0.6 is 0 Å². The van der Waals surface area contributed by atoms with Gasteiger partial charge in [-0.1, -0.05) is 76.9 Å². The van der Waals surface area contributed by atoms with Gasteiger partial charge in [0.25, 0.3) is 0 Å². The molecule has 0 aromatic heterocycles. The molecule has 0 radical (unpaired) electrons. The minimum atomic E-state index is -1.18. The van der Waals surface area contributed by atoms with Crippen molar-refractivity contribution in [3.8, 4) is 0 Å². The molecule has 0 saturated heterocycles. The van der Waals surface area contributed by atoms with E-state index in [-0.39, 0.29) is 43.4 Å². The van der Waals surface area contributed by atoms with Crippen LogP contribution in [-0.4, -0.2) is 58.8 Å². The van der Waals surface area contributed by atoms with Gasteiger partial charge < -0.3 is 24.6 Å². The molecule has 7 heteroatoms. The van der Waals surface area contributed by atoms with E-state index in [0.29, 0.717) is 6.54 Å². The number of carboxylic acid groups (broad SMARTS) is 3. The lowest BCUT2D eigenvalue weighted by Gasteiger charge is -2.38. The molecule has 0 bridgehead atoms. The Morgan fingerprint density at radius 3 is 1.47 bits per heavy atom. The lowest BCUT2D eigenvalue weighted by Crippen LogP contribution is -2.53. The standard InChI is InChI=1S/C27H49NO6/c1-2-3-4-5-6-7-8-9-10-11-12-13-14-15-16-17-21-28(22-18-25(29)30,23-19-26(31)32)24-20-27(33)34/h5-6H,2-4,7-24H2,1H3,(H2-,29,30,31,32,33,34)/b6-5+. The van der Waals surface area contributed by atoms with Crippen molar-refractivity contribution in [2.45, 2.75) is 116 Å². The number of quaternary nitrogens is 1. The quantitative estimate of drug-likeness (QED) is 0.108. The predicted octanol–water partition coefficient (Wildman–Crippen LogP) is 4.93. The van der Waals surface area contributed by atoms with Crippen molar-refractivity contribution in [1.29, 1.82) is 0 Å². The Bertz CT molecular complexity index is 530. The van der Waals surface area contributed by atoms with E-state index < -0.39 is 17.9 Å². The van der Waals surface area contributed by atoms with E-state index in [2.05, 4.69) is 19.1 Å². The van der Waals surface area contributed by atoms with Crippen LogP contribution in [0, 0.1) is 0 Å². The maximum atomic E-state index is 11.1. The fourth-order valence-electron chi connectivity index (χ4n) is 4.35. The van der Waals surface area contributed by atoms with Crippen LogP contribution in [0.2, 0.25) is 0 Å². The van der Waals surface area contributed by atoms with Crippen molar-refractivity contribution in [2.75, 3.05) is 26.2 Å². The molecule has 0 atom stereocenters. The number of hydrogen-bond donors (Lipinski definition) is 2. The molecule has 0 aliphatic carbocycles. The van der Waals surface area contributed by atoms with Crippen molar-refractivity contribution in [2.24, 2.45) is 0 Å². The number of unbranched alkanes of at least 4 members (excludes halogenated alkanes) is 12. The third-order valence-corrected chi connectivity index (χ3v) is 6.53. The van der Waals surface area contributed by atoms with Crippen molar-refractivity contribution in [3.63, 3.8) is 0 Å². The average molecular weight is 484 g/mol. The molecule has 0 fully saturated rings. The van der Waals surface area contributed by atoms with Gasteiger partial charge in [-0.05, 0) is 32.1 Å². The lowest BCUT2D eigenvalue weighted by atomic mass is 10.0. The largest absolute Gasteiger partial charge is 0.550 e. The van der Waals surface area contributed by atoms with E-state index in [1.807, 2.05) is 0 Å². The molecule has 7 nitrogen and oxygen atoms in total. The van der Waals surface area contributed by atoms with Crippen molar-refractivity contribution in [1.82, 2.24) is 0 Å². The summed E-state index contributed by atoms with van der Waals surface area (Å²) in [6.45, 7) is 3.56. The Kier molecular flexibility index (Phi) is 20.4. The average Bonchev–Trinajstić information content (AvgIpc) is 2.79. The van der Waals surface area contributed by atoms with Gasteiger partial charge in [0.15, 0.2) is 0 Å². The normalized spacial score (nSPS) is 11.8. The zero-order chi connectivity index (χ0) is 25.5. The summed E-state index contributed by atoms with van der Waals surface area (Å²) in [6.07, 6.45) is 21.0. The molecule has 2 N–H and O–H groups in total. The first-order valence-electron chi connectivity index (χ1n) is 13.4. The molecule has 0 heterocycles. The summed E-state index contributed by atoms with van der Waals surface area (Å²) in [6, 6.07) is 0. The van der Waals surface area contributed by atoms with Gasteiger partial charge in [0.2, 0.25) is 0 Å². The molecule has 0 aromatic rings. The molecule has 0 spiro atoms. The fraction of sp³-hybridized carbons (Fsp3) is 0.815. The number of carbonyl (C=O) groups excluding carboxylic acids is 1. The molecule has 198 valence electrons. The second-order valence-electron chi connectivity index (χ2n) is 9.58. The topological polar surface area (TPSA) is 115 Å². The van der Waals surface area contributed by atoms with E-state index in [9.17, 15) is 19.5 Å². The summed E-state index contributed by atoms with van der Waals surface area (Å²) in [5.41, 5.74) is 0. The Labute approximate surface area is 206 Å². The lowest BCUT2D eigenvalue weighted by molar-refractivity contribution is -0.927. The summed E-state index contributed by atoms with van der Waals surface area (Å²) in [7, 11) is 0. The van der Waals surface area contributed by atoms with E-state index >= 15 is 0 Å². The molecular weight excluding hydrogens is 434 g/mol. The zero-order valence-electron chi connectivity index (χ0n) is 21.5. The molecular formula is C27H49NO6. The van der Waals surface area contributed by atoms with Gasteiger partial charge in [-0.25, -0.2) is 0 Å². The smallest absolute Gasteiger partial charge is 0.309 e. The predicted molar refractivity (Wildman–Crippen MR) is 133 cm³/mol. The second kappa shape index (κ2) is 21.6. The maximum absolute atomic E-state index is 11.1. The number of rotatable bonds is 25. The first kappa shape index (κ1) is 32.1. The van der Waals surface area contributed by atoms with E-state index in [4.69, 9.17) is 10.2 Å². The van der Waals surface area contributed by atoms with Crippen LogP contribution in [0.4, 0.5) is 0 Å². The van der Waals surface area contributed by atoms with Crippen LogP contribution in [0.5, 0.6) is 0 Å². The van der Waals surface area contributed by atoms with Crippen LogP contribution in [0.1, 0.15) is 116 Å². The highest BCUT2D eigenvalue weighted by molar-refractivity contribution is 5.67. The minimum absolute atomic E-state index is 0.0954. The summed E-state index contributed by atoms with van der Waals surface area (Å²) in [5.74, 6) is -3.08. The van der Waals surface area contributed by atoms with E-state index in [1.54, 1.807) is 0 Å². The second-order valence-corrected chi connectivity index (χ2v) is 9.58. The van der Waals surface area contributed by atoms with Crippen LogP contribution in [0.3, 0.4) is 0 Å². The minimum Gasteiger partial charge on any atom is -0.550 e. The van der Waals surface area contributed by atoms with Crippen molar-refractivity contribution < 1.29 is 34.2 Å². The van der Waals surface area contributed by atoms with Crippen molar-refractivity contribution >= 4 is 17.9 Å². The molecule has 0 unspecified atom stereocenters. The molecule has 0 rings (SSSR count). The van der Waals surface area contributed by atoms with Gasteiger partial charge in [-0.3, -0.25) is 9.59 Å². The first-order chi connectivity index (χ1) is 16.3. The van der Waals surface area contributed by atoms with Gasteiger partial charge in [-0.15, -0.1) is 0 Å². The highest BCUT2D eigenvalue weighted by Crippen LogP contribution is 2.17. The SMILES string of the molecule is CCCC/C=C/CCCCCCCCCCCC[N+](CCC(=O)[O-])(CCC(=O)O)CCC(=O)O. The maximum Gasteiger partial charge on any atom is 0.309 e. The Morgan fingerprint density at radius 2 is 1.03 bits per heavy atom. The summed E-state index contributed by atoms with van der Waals surface area (Å²) in [4.78, 5) is 33.2. The monoisotopic (exact) mass is 483 g/mol. The van der Waals surface area contributed by atoms with Gasteiger partial charge in [0, 0.05) is 12.4 Å². The molecule has 0 aromatic carbocycles. The third-order valence-electron chi connectivity index (χ3n) is 6.53. The van der Waals surface area contributed by atoms with Crippen LogP contribution in [0.25, 0.3) is 0 Å². The number of nitrogens with zero attached hydrogens (tertiary/aromatic N) is 1. The Balaban J connectivity index is 4.09. The van der Waals surface area contributed by atoms with E-state index in [1.165, 1.54) is 70.6 Å². The highest BCUT2D eigenvalue weighted by Gasteiger charge is 2.28. The highest BCUT2D eigenvalue weighted by atomic mass is 16.4. The van der Waals surface area contributed by atoms with Gasteiger partial charge in [0.1, 0.15) is 0 Å². The summed E-state index contributed by atoms with van der Waals surface area (Å²) < 4.78 is 0.223. The van der Waals surface area contributed by atoms with Gasteiger partial charge in [-0.2, -0.15) is 0 Å². The van der Waals surface area contributed by atoms with Crippen LogP contribution in [-0.2, 0) is 14.4 Å². The van der Waals surface area contributed by atoms with Gasteiger partial charge >= 0.3 is 11.9 Å². The van der Waals surface area contributed by atoms with Crippen LogP contribution in [0.15, 0.2) is 12.2 Å². The first-order valence-corrected chi connectivity index (χ1v) is 13.4. The molecule has 34 heavy (non-hydrogen) atoms.